The fourth-order valence-electron chi connectivity index (χ4n) is 3.77. The standard InChI is InChI=1S/C25H30N2O2/c1-15-12-21(19(25(5,6)7)13-18(15)24(2,3)4)27-23(29)17-14-26-20-11-9-8-10-16(20)22(17)28/h8-14H,1-7H3,(H,26,28)(H,27,29). The van der Waals surface area contributed by atoms with Gasteiger partial charge in [0.05, 0.1) is 0 Å². The summed E-state index contributed by atoms with van der Waals surface area (Å²) in [6.45, 7) is 15.0. The van der Waals surface area contributed by atoms with Crippen LogP contribution in [0.4, 0.5) is 5.69 Å². The molecule has 2 N–H and O–H groups in total. The van der Waals surface area contributed by atoms with Crippen molar-refractivity contribution >= 4 is 22.5 Å². The second kappa shape index (κ2) is 7.18. The summed E-state index contributed by atoms with van der Waals surface area (Å²) in [5.74, 6) is -0.398. The lowest BCUT2D eigenvalue weighted by Crippen LogP contribution is -2.25. The predicted octanol–water partition coefficient (Wildman–Crippen LogP) is 5.68. The number of para-hydroxylation sites is 1. The molecule has 0 saturated carbocycles. The maximum absolute atomic E-state index is 13.0. The molecule has 0 unspecified atom stereocenters. The highest BCUT2D eigenvalue weighted by Gasteiger charge is 2.25. The molecule has 29 heavy (non-hydrogen) atoms. The number of anilines is 1. The predicted molar refractivity (Wildman–Crippen MR) is 121 cm³/mol. The lowest BCUT2D eigenvalue weighted by atomic mass is 9.78. The number of carbonyl (C=O) groups excluding carboxylic acids is 1. The molecule has 1 amide bonds. The van der Waals surface area contributed by atoms with Gasteiger partial charge in [-0.15, -0.1) is 0 Å². The molecule has 4 heteroatoms. The Labute approximate surface area is 172 Å². The first kappa shape index (κ1) is 20.8. The second-order valence-electron chi connectivity index (χ2n) is 9.74. The van der Waals surface area contributed by atoms with E-state index >= 15 is 0 Å². The number of amides is 1. The molecule has 1 heterocycles. The van der Waals surface area contributed by atoms with Gasteiger partial charge in [-0.25, -0.2) is 0 Å². The van der Waals surface area contributed by atoms with E-state index in [1.165, 1.54) is 11.8 Å². The number of nitrogens with one attached hydrogen (secondary N) is 2. The van der Waals surface area contributed by atoms with Crippen LogP contribution in [0.1, 0.15) is 68.6 Å². The average molecular weight is 391 g/mol. The number of rotatable bonds is 2. The van der Waals surface area contributed by atoms with E-state index in [-0.39, 0.29) is 21.8 Å². The number of aromatic amines is 1. The summed E-state index contributed by atoms with van der Waals surface area (Å²) < 4.78 is 0. The second-order valence-corrected chi connectivity index (χ2v) is 9.74. The molecule has 0 aliphatic heterocycles. The number of aromatic nitrogens is 1. The largest absolute Gasteiger partial charge is 0.360 e. The first-order valence-corrected chi connectivity index (χ1v) is 9.97. The Balaban J connectivity index is 2.08. The van der Waals surface area contributed by atoms with Crippen LogP contribution < -0.4 is 10.7 Å². The van der Waals surface area contributed by atoms with Gasteiger partial charge in [-0.05, 0) is 52.6 Å². The van der Waals surface area contributed by atoms with Gasteiger partial charge in [0, 0.05) is 22.8 Å². The van der Waals surface area contributed by atoms with Crippen LogP contribution in [0.2, 0.25) is 0 Å². The zero-order valence-corrected chi connectivity index (χ0v) is 18.4. The highest BCUT2D eigenvalue weighted by atomic mass is 16.2. The first-order chi connectivity index (χ1) is 13.4. The van der Waals surface area contributed by atoms with Crippen LogP contribution in [0.5, 0.6) is 0 Å². The van der Waals surface area contributed by atoms with Crippen molar-refractivity contribution < 1.29 is 4.79 Å². The van der Waals surface area contributed by atoms with Gasteiger partial charge in [0.2, 0.25) is 5.43 Å². The summed E-state index contributed by atoms with van der Waals surface area (Å²) in [5, 5.41) is 3.51. The molecule has 1 aromatic heterocycles. The molecular weight excluding hydrogens is 360 g/mol. The fourth-order valence-corrected chi connectivity index (χ4v) is 3.77. The van der Waals surface area contributed by atoms with Gasteiger partial charge in [-0.3, -0.25) is 9.59 Å². The molecule has 4 nitrogen and oxygen atoms in total. The van der Waals surface area contributed by atoms with Crippen LogP contribution in [0, 0.1) is 6.92 Å². The van der Waals surface area contributed by atoms with Crippen LogP contribution in [-0.4, -0.2) is 10.9 Å². The number of aryl methyl sites for hydroxylation is 1. The molecular formula is C25H30N2O2. The van der Waals surface area contributed by atoms with E-state index in [2.05, 4.69) is 64.8 Å². The third kappa shape index (κ3) is 4.12. The van der Waals surface area contributed by atoms with Crippen LogP contribution in [0.15, 0.2) is 47.4 Å². The number of fused-ring (bicyclic) bond motifs is 1. The lowest BCUT2D eigenvalue weighted by Gasteiger charge is -2.29. The number of H-pyrrole nitrogens is 1. The summed E-state index contributed by atoms with van der Waals surface area (Å²) >= 11 is 0. The van der Waals surface area contributed by atoms with Gasteiger partial charge < -0.3 is 10.3 Å². The van der Waals surface area contributed by atoms with E-state index in [1.807, 2.05) is 18.2 Å². The van der Waals surface area contributed by atoms with Crippen LogP contribution >= 0.6 is 0 Å². The third-order valence-electron chi connectivity index (χ3n) is 5.26. The number of carbonyl (C=O) groups is 1. The van der Waals surface area contributed by atoms with E-state index in [4.69, 9.17) is 0 Å². The van der Waals surface area contributed by atoms with Crippen molar-refractivity contribution in [3.05, 3.63) is 75.1 Å². The van der Waals surface area contributed by atoms with Gasteiger partial charge in [-0.2, -0.15) is 0 Å². The average Bonchev–Trinajstić information content (AvgIpc) is 2.60. The van der Waals surface area contributed by atoms with E-state index in [0.717, 1.165) is 22.3 Å². The van der Waals surface area contributed by atoms with Crippen molar-refractivity contribution in [3.8, 4) is 0 Å². The summed E-state index contributed by atoms with van der Waals surface area (Å²) in [6, 6.07) is 11.4. The Hall–Kier alpha value is -2.88. The van der Waals surface area contributed by atoms with Crippen molar-refractivity contribution in [1.29, 1.82) is 0 Å². The molecule has 0 bridgehead atoms. The number of pyridine rings is 1. The topological polar surface area (TPSA) is 62.0 Å². The van der Waals surface area contributed by atoms with E-state index in [0.29, 0.717) is 5.39 Å². The molecule has 0 atom stereocenters. The molecule has 0 fully saturated rings. The summed E-state index contributed by atoms with van der Waals surface area (Å²) in [6.07, 6.45) is 1.49. The first-order valence-electron chi connectivity index (χ1n) is 9.97. The van der Waals surface area contributed by atoms with Gasteiger partial charge in [0.15, 0.2) is 0 Å². The maximum atomic E-state index is 13.0. The van der Waals surface area contributed by atoms with E-state index in [9.17, 15) is 9.59 Å². The highest BCUT2D eigenvalue weighted by Crippen LogP contribution is 2.36. The van der Waals surface area contributed by atoms with Crippen molar-refractivity contribution in [2.45, 2.75) is 59.3 Å². The van der Waals surface area contributed by atoms with Crippen molar-refractivity contribution in [2.24, 2.45) is 0 Å². The van der Waals surface area contributed by atoms with E-state index < -0.39 is 5.91 Å². The third-order valence-corrected chi connectivity index (χ3v) is 5.26. The SMILES string of the molecule is Cc1cc(NC(=O)c2c[nH]c3ccccc3c2=O)c(C(C)(C)C)cc1C(C)(C)C. The van der Waals surface area contributed by atoms with Crippen molar-refractivity contribution in [3.63, 3.8) is 0 Å². The van der Waals surface area contributed by atoms with Gasteiger partial charge in [0.25, 0.3) is 5.91 Å². The molecule has 152 valence electrons. The molecule has 0 aliphatic rings. The Morgan fingerprint density at radius 3 is 2.17 bits per heavy atom. The van der Waals surface area contributed by atoms with Gasteiger partial charge in [-0.1, -0.05) is 59.7 Å². The molecule has 0 aliphatic carbocycles. The summed E-state index contributed by atoms with van der Waals surface area (Å²) in [5.41, 5.74) is 4.58. The Morgan fingerprint density at radius 2 is 1.55 bits per heavy atom. The number of benzene rings is 2. The minimum absolute atomic E-state index is 0.00210. The molecule has 0 saturated heterocycles. The minimum Gasteiger partial charge on any atom is -0.360 e. The minimum atomic E-state index is -0.398. The van der Waals surface area contributed by atoms with Gasteiger partial charge >= 0.3 is 0 Å². The normalized spacial score (nSPS) is 12.2. The van der Waals surface area contributed by atoms with Crippen molar-refractivity contribution in [1.82, 2.24) is 4.98 Å². The molecule has 0 radical (unpaired) electrons. The monoisotopic (exact) mass is 390 g/mol. The molecule has 0 spiro atoms. The van der Waals surface area contributed by atoms with Crippen LogP contribution in [0.3, 0.4) is 0 Å². The fraction of sp³-hybridized carbons (Fsp3) is 0.360. The van der Waals surface area contributed by atoms with Crippen LogP contribution in [0.25, 0.3) is 10.9 Å². The number of hydrogen-bond acceptors (Lipinski definition) is 2. The Bertz CT molecular complexity index is 1140. The Morgan fingerprint density at radius 1 is 0.931 bits per heavy atom. The van der Waals surface area contributed by atoms with E-state index in [1.54, 1.807) is 12.1 Å². The summed E-state index contributed by atoms with van der Waals surface area (Å²) in [7, 11) is 0. The Kier molecular flexibility index (Phi) is 5.16. The summed E-state index contributed by atoms with van der Waals surface area (Å²) in [4.78, 5) is 28.9. The van der Waals surface area contributed by atoms with Crippen molar-refractivity contribution in [2.75, 3.05) is 5.32 Å². The smallest absolute Gasteiger partial charge is 0.261 e. The number of hydrogen-bond donors (Lipinski definition) is 2. The zero-order valence-electron chi connectivity index (χ0n) is 18.4. The molecule has 3 rings (SSSR count). The molecule has 3 aromatic rings. The molecule has 2 aromatic carbocycles. The lowest BCUT2D eigenvalue weighted by molar-refractivity contribution is 0.102. The van der Waals surface area contributed by atoms with Gasteiger partial charge in [0.1, 0.15) is 5.56 Å². The maximum Gasteiger partial charge on any atom is 0.261 e. The van der Waals surface area contributed by atoms with Crippen LogP contribution in [-0.2, 0) is 10.8 Å². The zero-order chi connectivity index (χ0) is 21.6. The quantitative estimate of drug-likeness (QED) is 0.591. The highest BCUT2D eigenvalue weighted by molar-refractivity contribution is 6.06.